The Kier molecular flexibility index (Phi) is 5.24. The second kappa shape index (κ2) is 6.60. The third-order valence-corrected chi connectivity index (χ3v) is 5.94. The molecule has 0 radical (unpaired) electrons. The van der Waals surface area contributed by atoms with Gasteiger partial charge in [0.25, 0.3) is 0 Å². The highest BCUT2D eigenvalue weighted by molar-refractivity contribution is 7.89. The summed E-state index contributed by atoms with van der Waals surface area (Å²) >= 11 is 5.80. The Morgan fingerprint density at radius 2 is 2.19 bits per heavy atom. The molecule has 0 aromatic heterocycles. The second-order valence-corrected chi connectivity index (χ2v) is 7.29. The maximum atomic E-state index is 13.5. The smallest absolute Gasteiger partial charge is 0.243 e. The van der Waals surface area contributed by atoms with E-state index in [0.29, 0.717) is 18.6 Å². The van der Waals surface area contributed by atoms with Crippen molar-refractivity contribution in [2.45, 2.75) is 43.2 Å². The molecule has 2 unspecified atom stereocenters. The van der Waals surface area contributed by atoms with E-state index in [0.717, 1.165) is 6.07 Å². The van der Waals surface area contributed by atoms with Gasteiger partial charge in [-0.25, -0.2) is 12.8 Å². The number of sulfonamides is 1. The van der Waals surface area contributed by atoms with E-state index >= 15 is 0 Å². The molecule has 2 atom stereocenters. The Morgan fingerprint density at radius 1 is 1.48 bits per heavy atom. The first-order valence-electron chi connectivity index (χ1n) is 6.88. The molecule has 1 saturated heterocycles. The highest BCUT2D eigenvalue weighted by atomic mass is 35.5. The fourth-order valence-corrected chi connectivity index (χ4v) is 4.74. The van der Waals surface area contributed by atoms with Gasteiger partial charge in [-0.15, -0.1) is 11.6 Å². The normalized spacial score (nSPS) is 24.2. The van der Waals surface area contributed by atoms with Gasteiger partial charge in [-0.3, -0.25) is 0 Å². The first-order valence-corrected chi connectivity index (χ1v) is 8.85. The maximum Gasteiger partial charge on any atom is 0.243 e. The van der Waals surface area contributed by atoms with E-state index in [4.69, 9.17) is 16.3 Å². The van der Waals surface area contributed by atoms with Crippen LogP contribution in [0, 0.1) is 5.82 Å². The lowest BCUT2D eigenvalue weighted by Crippen LogP contribution is -2.51. The van der Waals surface area contributed by atoms with E-state index in [2.05, 4.69) is 0 Å². The molecule has 1 aliphatic rings. The van der Waals surface area contributed by atoms with E-state index in [1.54, 1.807) is 0 Å². The number of benzene rings is 1. The van der Waals surface area contributed by atoms with Crippen LogP contribution in [0.25, 0.3) is 0 Å². The fraction of sp³-hybridized carbons (Fsp3) is 0.571. The molecule has 118 valence electrons. The van der Waals surface area contributed by atoms with Crippen LogP contribution in [0.2, 0.25) is 0 Å². The van der Waals surface area contributed by atoms with Crippen molar-refractivity contribution in [1.82, 2.24) is 4.31 Å². The number of alkyl halides is 1. The molecule has 1 aromatic carbocycles. The van der Waals surface area contributed by atoms with Crippen LogP contribution in [-0.2, 0) is 20.6 Å². The topological polar surface area (TPSA) is 46.6 Å². The average Bonchev–Trinajstić information content (AvgIpc) is 2.47. The molecule has 0 bridgehead atoms. The Balaban J connectivity index is 2.47. The minimum Gasteiger partial charge on any atom is -0.375 e. The van der Waals surface area contributed by atoms with E-state index < -0.39 is 15.8 Å². The molecule has 1 aromatic rings. The zero-order valence-electron chi connectivity index (χ0n) is 12.1. The zero-order valence-corrected chi connectivity index (χ0v) is 13.6. The number of ether oxygens (including phenoxy) is 1. The number of nitrogens with zero attached hydrogens (tertiary/aromatic N) is 1. The van der Waals surface area contributed by atoms with Crippen molar-refractivity contribution < 1.29 is 17.5 Å². The zero-order chi connectivity index (χ0) is 15.6. The molecule has 4 nitrogen and oxygen atoms in total. The van der Waals surface area contributed by atoms with Crippen LogP contribution in [0.4, 0.5) is 4.39 Å². The summed E-state index contributed by atoms with van der Waals surface area (Å²) in [5.41, 5.74) is 0.409. The second-order valence-electron chi connectivity index (χ2n) is 5.17. The number of hydrogen-bond acceptors (Lipinski definition) is 3. The van der Waals surface area contributed by atoms with Crippen LogP contribution >= 0.6 is 11.6 Å². The van der Waals surface area contributed by atoms with E-state index in [1.165, 1.54) is 16.4 Å². The SMILES string of the molecule is CCC1COC(C)CN1S(=O)(=O)c1cc(F)ccc1CCl. The Bertz CT molecular complexity index is 608. The lowest BCUT2D eigenvalue weighted by molar-refractivity contribution is -0.0230. The summed E-state index contributed by atoms with van der Waals surface area (Å²) < 4.78 is 46.2. The van der Waals surface area contributed by atoms with Gasteiger partial charge in [0.05, 0.1) is 17.6 Å². The van der Waals surface area contributed by atoms with Crippen LogP contribution in [0.3, 0.4) is 0 Å². The van der Waals surface area contributed by atoms with Crippen molar-refractivity contribution in [1.29, 1.82) is 0 Å². The van der Waals surface area contributed by atoms with Gasteiger partial charge >= 0.3 is 0 Å². The Hall–Kier alpha value is -0.690. The number of halogens is 2. The van der Waals surface area contributed by atoms with E-state index in [1.807, 2.05) is 13.8 Å². The molecule has 7 heteroatoms. The molecule has 1 aliphatic heterocycles. The van der Waals surface area contributed by atoms with Crippen LogP contribution < -0.4 is 0 Å². The van der Waals surface area contributed by atoms with Gasteiger partial charge in [0.2, 0.25) is 10.0 Å². The highest BCUT2D eigenvalue weighted by Crippen LogP contribution is 2.27. The molecule has 2 rings (SSSR count). The Morgan fingerprint density at radius 3 is 2.81 bits per heavy atom. The van der Waals surface area contributed by atoms with Crippen molar-refractivity contribution >= 4 is 21.6 Å². The molecule has 0 saturated carbocycles. The summed E-state index contributed by atoms with van der Waals surface area (Å²) in [5, 5.41) is 0. The number of rotatable bonds is 4. The van der Waals surface area contributed by atoms with Crippen molar-refractivity contribution in [2.75, 3.05) is 13.2 Å². The predicted octanol–water partition coefficient (Wildman–Crippen LogP) is 2.75. The van der Waals surface area contributed by atoms with Gasteiger partial charge in [0.15, 0.2) is 0 Å². The van der Waals surface area contributed by atoms with Gasteiger partial charge < -0.3 is 4.74 Å². The summed E-state index contributed by atoms with van der Waals surface area (Å²) in [6.07, 6.45) is 0.452. The largest absolute Gasteiger partial charge is 0.375 e. The first kappa shape index (κ1) is 16.7. The standard InChI is InChI=1S/C14H19ClFNO3S/c1-3-13-9-20-10(2)8-17(13)21(18,19)14-6-12(16)5-4-11(14)7-15/h4-6,10,13H,3,7-9H2,1-2H3. The Labute approximate surface area is 129 Å². The highest BCUT2D eigenvalue weighted by Gasteiger charge is 2.36. The lowest BCUT2D eigenvalue weighted by atomic mass is 10.2. The average molecular weight is 336 g/mol. The van der Waals surface area contributed by atoms with Crippen LogP contribution in [0.15, 0.2) is 23.1 Å². The van der Waals surface area contributed by atoms with Crippen LogP contribution in [0.1, 0.15) is 25.8 Å². The van der Waals surface area contributed by atoms with E-state index in [9.17, 15) is 12.8 Å². The molecular weight excluding hydrogens is 317 g/mol. The van der Waals surface area contributed by atoms with Crippen molar-refractivity contribution in [3.8, 4) is 0 Å². The molecule has 0 aliphatic carbocycles. The summed E-state index contributed by atoms with van der Waals surface area (Å²) in [6.45, 7) is 4.34. The minimum atomic E-state index is -3.79. The maximum absolute atomic E-state index is 13.5. The van der Waals surface area contributed by atoms with Gasteiger partial charge in [-0.2, -0.15) is 4.31 Å². The van der Waals surface area contributed by atoms with Gasteiger partial charge in [-0.05, 0) is 31.0 Å². The fourth-order valence-electron chi connectivity index (χ4n) is 2.43. The molecular formula is C14H19ClFNO3S. The van der Waals surface area contributed by atoms with Crippen LogP contribution in [-0.4, -0.2) is 38.0 Å². The van der Waals surface area contributed by atoms with Gasteiger partial charge in [-0.1, -0.05) is 13.0 Å². The molecule has 0 spiro atoms. The summed E-state index contributed by atoms with van der Waals surface area (Å²) in [7, 11) is -3.79. The number of hydrogen-bond donors (Lipinski definition) is 0. The predicted molar refractivity (Wildman–Crippen MR) is 79.3 cm³/mol. The summed E-state index contributed by atoms with van der Waals surface area (Å²) in [5.74, 6) is -0.567. The van der Waals surface area contributed by atoms with Crippen molar-refractivity contribution in [3.63, 3.8) is 0 Å². The monoisotopic (exact) mass is 335 g/mol. The first-order chi connectivity index (χ1) is 9.90. The third kappa shape index (κ3) is 3.39. The quantitative estimate of drug-likeness (QED) is 0.795. The molecule has 1 fully saturated rings. The van der Waals surface area contributed by atoms with E-state index in [-0.39, 0.29) is 29.5 Å². The summed E-state index contributed by atoms with van der Waals surface area (Å²) in [4.78, 5) is -0.0509. The third-order valence-electron chi connectivity index (χ3n) is 3.65. The lowest BCUT2D eigenvalue weighted by Gasteiger charge is -2.37. The molecule has 1 heterocycles. The van der Waals surface area contributed by atoms with Gasteiger partial charge in [0.1, 0.15) is 5.82 Å². The minimum absolute atomic E-state index is 0.0194. The molecule has 0 N–H and O–H groups in total. The van der Waals surface area contributed by atoms with Crippen molar-refractivity contribution in [3.05, 3.63) is 29.6 Å². The van der Waals surface area contributed by atoms with Gasteiger partial charge in [0, 0.05) is 18.5 Å². The summed E-state index contributed by atoms with van der Waals surface area (Å²) in [6, 6.07) is 3.44. The van der Waals surface area contributed by atoms with Crippen LogP contribution in [0.5, 0.6) is 0 Å². The van der Waals surface area contributed by atoms with Crippen molar-refractivity contribution in [2.24, 2.45) is 0 Å². The number of morpholine rings is 1. The molecule has 0 amide bonds. The molecule has 21 heavy (non-hydrogen) atoms.